The third-order valence-corrected chi connectivity index (χ3v) is 3.91. The van der Waals surface area contributed by atoms with Gasteiger partial charge in [-0.1, -0.05) is 31.0 Å². The molecule has 2 nitrogen and oxygen atoms in total. The maximum absolute atomic E-state index is 11.1. The minimum Gasteiger partial charge on any atom is -0.371 e. The predicted molar refractivity (Wildman–Crippen MR) is 72.1 cm³/mol. The van der Waals surface area contributed by atoms with E-state index in [0.29, 0.717) is 10.6 Å². The first-order valence-corrected chi connectivity index (χ1v) is 6.62. The van der Waals surface area contributed by atoms with E-state index in [4.69, 9.17) is 11.6 Å². The van der Waals surface area contributed by atoms with Gasteiger partial charge in [-0.05, 0) is 30.9 Å². The van der Waals surface area contributed by atoms with E-state index in [0.717, 1.165) is 31.0 Å². The predicted octanol–water partition coefficient (Wildman–Crippen LogP) is 3.78. The van der Waals surface area contributed by atoms with Crippen molar-refractivity contribution in [3.05, 3.63) is 28.8 Å². The average Bonchev–Trinajstić information content (AvgIpc) is 2.38. The lowest BCUT2D eigenvalue weighted by molar-refractivity contribution is 0.112. The van der Waals surface area contributed by atoms with Crippen molar-refractivity contribution in [1.29, 1.82) is 0 Å². The molecule has 1 aliphatic rings. The number of aldehydes is 1. The summed E-state index contributed by atoms with van der Waals surface area (Å²) in [7, 11) is 0. The molecular weight excluding hydrogens is 234 g/mol. The Bertz CT molecular complexity index is 405. The Balaban J connectivity index is 2.27. The standard InChI is InChI=1S/C14H18ClNO/c1-2-11-5-4-8-16(9-11)14-7-3-6-13(15)12(14)10-17/h3,6-7,10-11H,2,4-5,8-9H2,1H3. The molecule has 1 fully saturated rings. The number of halogens is 1. The number of carbonyl (C=O) groups excluding carboxylic acids is 1. The number of hydrogen-bond donors (Lipinski definition) is 0. The fourth-order valence-corrected chi connectivity index (χ4v) is 2.75. The topological polar surface area (TPSA) is 20.3 Å². The van der Waals surface area contributed by atoms with Crippen molar-refractivity contribution in [2.24, 2.45) is 5.92 Å². The van der Waals surface area contributed by atoms with Crippen LogP contribution in [0.25, 0.3) is 0 Å². The van der Waals surface area contributed by atoms with Gasteiger partial charge in [-0.15, -0.1) is 0 Å². The monoisotopic (exact) mass is 251 g/mol. The Morgan fingerprint density at radius 2 is 2.35 bits per heavy atom. The van der Waals surface area contributed by atoms with Crippen molar-refractivity contribution in [2.45, 2.75) is 26.2 Å². The Labute approximate surface area is 108 Å². The van der Waals surface area contributed by atoms with Crippen LogP contribution in [0.2, 0.25) is 5.02 Å². The van der Waals surface area contributed by atoms with Crippen molar-refractivity contribution in [3.63, 3.8) is 0 Å². The van der Waals surface area contributed by atoms with E-state index in [9.17, 15) is 4.79 Å². The second kappa shape index (κ2) is 5.54. The van der Waals surface area contributed by atoms with Crippen LogP contribution in [0.3, 0.4) is 0 Å². The van der Waals surface area contributed by atoms with Gasteiger partial charge in [-0.2, -0.15) is 0 Å². The van der Waals surface area contributed by atoms with Crippen molar-refractivity contribution in [2.75, 3.05) is 18.0 Å². The van der Waals surface area contributed by atoms with E-state index < -0.39 is 0 Å². The molecule has 1 saturated heterocycles. The van der Waals surface area contributed by atoms with Crippen LogP contribution in [0.1, 0.15) is 36.5 Å². The van der Waals surface area contributed by atoms with E-state index in [1.165, 1.54) is 19.3 Å². The van der Waals surface area contributed by atoms with Gasteiger partial charge in [0.05, 0.1) is 10.6 Å². The van der Waals surface area contributed by atoms with Gasteiger partial charge in [0, 0.05) is 18.8 Å². The van der Waals surface area contributed by atoms with Crippen molar-refractivity contribution < 1.29 is 4.79 Å². The summed E-state index contributed by atoms with van der Waals surface area (Å²) in [6.45, 7) is 4.29. The molecule has 0 amide bonds. The summed E-state index contributed by atoms with van der Waals surface area (Å²) in [5.41, 5.74) is 1.62. The Kier molecular flexibility index (Phi) is 4.06. The number of benzene rings is 1. The lowest BCUT2D eigenvalue weighted by Crippen LogP contribution is -2.35. The summed E-state index contributed by atoms with van der Waals surface area (Å²) in [6, 6.07) is 5.68. The molecule has 0 spiro atoms. The Morgan fingerprint density at radius 3 is 3.06 bits per heavy atom. The Hall–Kier alpha value is -1.02. The maximum Gasteiger partial charge on any atom is 0.153 e. The normalized spacial score (nSPS) is 20.4. The quantitative estimate of drug-likeness (QED) is 0.762. The van der Waals surface area contributed by atoms with Gasteiger partial charge in [-0.25, -0.2) is 0 Å². The lowest BCUT2D eigenvalue weighted by atomic mass is 9.95. The zero-order valence-corrected chi connectivity index (χ0v) is 10.9. The molecule has 1 aromatic carbocycles. The van der Waals surface area contributed by atoms with Crippen LogP contribution in [-0.4, -0.2) is 19.4 Å². The van der Waals surface area contributed by atoms with Crippen LogP contribution < -0.4 is 4.90 Å². The molecule has 1 unspecified atom stereocenters. The highest BCUT2D eigenvalue weighted by atomic mass is 35.5. The molecule has 0 N–H and O–H groups in total. The third-order valence-electron chi connectivity index (χ3n) is 3.58. The van der Waals surface area contributed by atoms with E-state index >= 15 is 0 Å². The number of nitrogens with zero attached hydrogens (tertiary/aromatic N) is 1. The van der Waals surface area contributed by atoms with Crippen molar-refractivity contribution in [1.82, 2.24) is 0 Å². The fourth-order valence-electron chi connectivity index (χ4n) is 2.54. The highest BCUT2D eigenvalue weighted by Gasteiger charge is 2.21. The molecule has 1 heterocycles. The summed E-state index contributed by atoms with van der Waals surface area (Å²) in [6.07, 6.45) is 4.56. The number of hydrogen-bond acceptors (Lipinski definition) is 2. The molecule has 0 bridgehead atoms. The lowest BCUT2D eigenvalue weighted by Gasteiger charge is -2.34. The molecular formula is C14H18ClNO. The van der Waals surface area contributed by atoms with E-state index in [-0.39, 0.29) is 0 Å². The number of anilines is 1. The molecule has 17 heavy (non-hydrogen) atoms. The first-order chi connectivity index (χ1) is 8.26. The van der Waals surface area contributed by atoms with Gasteiger partial charge in [0.15, 0.2) is 6.29 Å². The summed E-state index contributed by atoms with van der Waals surface area (Å²) < 4.78 is 0. The molecule has 0 aromatic heterocycles. The molecule has 0 aliphatic carbocycles. The van der Waals surface area contributed by atoms with E-state index in [2.05, 4.69) is 11.8 Å². The Morgan fingerprint density at radius 1 is 1.53 bits per heavy atom. The zero-order valence-electron chi connectivity index (χ0n) is 10.2. The number of piperidine rings is 1. The highest BCUT2D eigenvalue weighted by molar-refractivity contribution is 6.33. The first-order valence-electron chi connectivity index (χ1n) is 6.25. The minimum absolute atomic E-state index is 0.552. The first kappa shape index (κ1) is 12.4. The number of rotatable bonds is 3. The van der Waals surface area contributed by atoms with Crippen LogP contribution in [0.4, 0.5) is 5.69 Å². The van der Waals surface area contributed by atoms with Gasteiger partial charge in [0.1, 0.15) is 0 Å². The fraction of sp³-hybridized carbons (Fsp3) is 0.500. The molecule has 1 aromatic rings. The van der Waals surface area contributed by atoms with Crippen molar-refractivity contribution in [3.8, 4) is 0 Å². The van der Waals surface area contributed by atoms with Gasteiger partial charge in [-0.3, -0.25) is 4.79 Å². The highest BCUT2D eigenvalue weighted by Crippen LogP contribution is 2.30. The third kappa shape index (κ3) is 2.63. The van der Waals surface area contributed by atoms with Crippen LogP contribution in [0.15, 0.2) is 18.2 Å². The molecule has 3 heteroatoms. The van der Waals surface area contributed by atoms with Crippen LogP contribution in [0, 0.1) is 5.92 Å². The van der Waals surface area contributed by atoms with Crippen molar-refractivity contribution >= 4 is 23.6 Å². The van der Waals surface area contributed by atoms with Gasteiger partial charge in [0.25, 0.3) is 0 Å². The van der Waals surface area contributed by atoms with E-state index in [1.54, 1.807) is 6.07 Å². The summed E-state index contributed by atoms with van der Waals surface area (Å²) in [4.78, 5) is 13.4. The van der Waals surface area contributed by atoms with Gasteiger partial charge in [0.2, 0.25) is 0 Å². The molecule has 0 radical (unpaired) electrons. The van der Waals surface area contributed by atoms with Crippen LogP contribution in [0.5, 0.6) is 0 Å². The minimum atomic E-state index is 0.552. The SMILES string of the molecule is CCC1CCCN(c2cccc(Cl)c2C=O)C1. The largest absolute Gasteiger partial charge is 0.371 e. The number of carbonyl (C=O) groups is 1. The molecule has 1 atom stereocenters. The second-order valence-electron chi connectivity index (χ2n) is 4.65. The summed E-state index contributed by atoms with van der Waals surface area (Å²) >= 11 is 6.06. The van der Waals surface area contributed by atoms with Crippen LogP contribution in [-0.2, 0) is 0 Å². The molecule has 0 saturated carbocycles. The zero-order chi connectivity index (χ0) is 12.3. The summed E-state index contributed by atoms with van der Waals surface area (Å²) in [5, 5.41) is 0.552. The van der Waals surface area contributed by atoms with E-state index in [1.807, 2.05) is 12.1 Å². The van der Waals surface area contributed by atoms with Gasteiger partial charge >= 0.3 is 0 Å². The molecule has 92 valence electrons. The molecule has 2 rings (SSSR count). The summed E-state index contributed by atoms with van der Waals surface area (Å²) in [5.74, 6) is 0.738. The smallest absolute Gasteiger partial charge is 0.153 e. The second-order valence-corrected chi connectivity index (χ2v) is 5.06. The average molecular weight is 252 g/mol. The maximum atomic E-state index is 11.1. The molecule has 1 aliphatic heterocycles. The van der Waals surface area contributed by atoms with Crippen LogP contribution >= 0.6 is 11.6 Å². The van der Waals surface area contributed by atoms with Gasteiger partial charge < -0.3 is 4.90 Å².